The van der Waals surface area contributed by atoms with Crippen LogP contribution < -0.4 is 5.46 Å². The summed E-state index contributed by atoms with van der Waals surface area (Å²) in [5.41, 5.74) is 10.7. The van der Waals surface area contributed by atoms with Crippen molar-refractivity contribution < 1.29 is 13.7 Å². The Morgan fingerprint density at radius 2 is 0.676 bits per heavy atom. The molecule has 1 aliphatic rings. The smallest absolute Gasteiger partial charge is 0.455 e. The van der Waals surface area contributed by atoms with E-state index in [4.69, 9.17) is 43.6 Å². The van der Waals surface area contributed by atoms with Crippen LogP contribution in [0.3, 0.4) is 0 Å². The Kier molecular flexibility index (Phi) is 10.9. The number of aromatic nitrogens is 6. The quantitative estimate of drug-likeness (QED) is 0.131. The van der Waals surface area contributed by atoms with Gasteiger partial charge < -0.3 is 13.7 Å². The molecule has 9 aromatic carbocycles. The lowest BCUT2D eigenvalue weighted by Gasteiger charge is -2.32. The summed E-state index contributed by atoms with van der Waals surface area (Å²) in [6.07, 6.45) is 0. The largest absolute Gasteiger partial charge is 0.494 e. The summed E-state index contributed by atoms with van der Waals surface area (Å²) in [7, 11) is -0.538. The molecule has 0 N–H and O–H groups in total. The summed E-state index contributed by atoms with van der Waals surface area (Å²) in [5.74, 6) is 3.45. The van der Waals surface area contributed by atoms with E-state index in [0.29, 0.717) is 34.9 Å². The average Bonchev–Trinajstić information content (AvgIpc) is 3.94. The second-order valence-electron chi connectivity index (χ2n) is 19.7. The van der Waals surface area contributed by atoms with Crippen LogP contribution in [0, 0.1) is 0 Å². The first-order chi connectivity index (χ1) is 36.1. The van der Waals surface area contributed by atoms with E-state index in [-0.39, 0.29) is 0 Å². The van der Waals surface area contributed by atoms with Crippen LogP contribution in [0.4, 0.5) is 0 Å². The Morgan fingerprint density at radius 1 is 0.324 bits per heavy atom. The maximum atomic E-state index is 7.04. The highest BCUT2D eigenvalue weighted by Gasteiger charge is 2.51. The van der Waals surface area contributed by atoms with Crippen LogP contribution in [-0.4, -0.2) is 48.2 Å². The fourth-order valence-electron chi connectivity index (χ4n) is 9.95. The maximum Gasteiger partial charge on any atom is 0.494 e. The van der Waals surface area contributed by atoms with E-state index in [0.717, 1.165) is 93.8 Å². The molecule has 0 unspecified atom stereocenters. The molecule has 0 bridgehead atoms. The summed E-state index contributed by atoms with van der Waals surface area (Å²) in [6, 6.07) is 72.1. The highest BCUT2D eigenvalue weighted by molar-refractivity contribution is 6.62. The van der Waals surface area contributed by atoms with Crippen molar-refractivity contribution in [3.05, 3.63) is 212 Å². The minimum atomic E-state index is -0.538. The van der Waals surface area contributed by atoms with E-state index in [1.165, 1.54) is 0 Å². The van der Waals surface area contributed by atoms with Crippen molar-refractivity contribution in [1.82, 2.24) is 29.9 Å². The van der Waals surface area contributed by atoms with Gasteiger partial charge in [0.2, 0.25) is 0 Å². The molecular formula is C64H47BN6O3. The molecule has 4 heterocycles. The third-order valence-electron chi connectivity index (χ3n) is 14.4. The molecule has 0 aliphatic carbocycles. The Balaban J connectivity index is 0.968. The zero-order valence-corrected chi connectivity index (χ0v) is 41.2. The summed E-state index contributed by atoms with van der Waals surface area (Å²) in [6.45, 7) is 8.25. The minimum Gasteiger partial charge on any atom is -0.455 e. The van der Waals surface area contributed by atoms with Crippen molar-refractivity contribution in [2.45, 2.75) is 38.9 Å². The van der Waals surface area contributed by atoms with E-state index >= 15 is 0 Å². The van der Waals surface area contributed by atoms with Crippen LogP contribution in [0.1, 0.15) is 27.7 Å². The molecule has 3 aromatic heterocycles. The highest BCUT2D eigenvalue weighted by atomic mass is 16.7. The lowest BCUT2D eigenvalue weighted by molar-refractivity contribution is 0.00578. The summed E-state index contributed by atoms with van der Waals surface area (Å²) >= 11 is 0. The molecule has 0 amide bonds. The van der Waals surface area contributed by atoms with E-state index < -0.39 is 18.3 Å². The zero-order chi connectivity index (χ0) is 50.0. The van der Waals surface area contributed by atoms with Crippen molar-refractivity contribution in [3.8, 4) is 90.6 Å². The topological polar surface area (TPSA) is 109 Å². The van der Waals surface area contributed by atoms with Crippen LogP contribution in [0.2, 0.25) is 0 Å². The van der Waals surface area contributed by atoms with Gasteiger partial charge in [-0.3, -0.25) is 0 Å². The van der Waals surface area contributed by atoms with Crippen molar-refractivity contribution in [2.24, 2.45) is 0 Å². The number of para-hydroxylation sites is 1. The second kappa shape index (κ2) is 18.0. The third kappa shape index (κ3) is 8.01. The molecule has 1 saturated heterocycles. The average molecular weight is 959 g/mol. The molecule has 74 heavy (non-hydrogen) atoms. The molecule has 9 nitrogen and oxygen atoms in total. The van der Waals surface area contributed by atoms with Crippen LogP contribution >= 0.6 is 0 Å². The van der Waals surface area contributed by atoms with Gasteiger partial charge in [-0.2, -0.15) is 0 Å². The van der Waals surface area contributed by atoms with Crippen LogP contribution in [0.25, 0.3) is 123 Å². The molecule has 12 aromatic rings. The fourth-order valence-corrected chi connectivity index (χ4v) is 9.95. The van der Waals surface area contributed by atoms with Gasteiger partial charge in [-0.25, -0.2) is 29.9 Å². The highest BCUT2D eigenvalue weighted by Crippen LogP contribution is 2.48. The van der Waals surface area contributed by atoms with Crippen molar-refractivity contribution >= 4 is 45.3 Å². The number of fused-ring (bicyclic) bond motifs is 4. The summed E-state index contributed by atoms with van der Waals surface area (Å²) in [4.78, 5) is 30.6. The maximum absolute atomic E-state index is 7.04. The van der Waals surface area contributed by atoms with Gasteiger partial charge in [-0.1, -0.05) is 194 Å². The number of furan rings is 1. The van der Waals surface area contributed by atoms with Crippen molar-refractivity contribution in [3.63, 3.8) is 0 Å². The number of hydrogen-bond donors (Lipinski definition) is 0. The summed E-state index contributed by atoms with van der Waals surface area (Å²) in [5, 5.41) is 4.14. The molecule has 0 spiro atoms. The lowest BCUT2D eigenvalue weighted by Crippen LogP contribution is -2.41. The van der Waals surface area contributed by atoms with Gasteiger partial charge in [0.15, 0.2) is 34.9 Å². The predicted molar refractivity (Wildman–Crippen MR) is 297 cm³/mol. The number of nitrogens with zero attached hydrogens (tertiary/aromatic N) is 6. The van der Waals surface area contributed by atoms with Crippen LogP contribution in [0.5, 0.6) is 0 Å². The van der Waals surface area contributed by atoms with Gasteiger partial charge in [-0.15, -0.1) is 0 Å². The normalized spacial score (nSPS) is 14.0. The van der Waals surface area contributed by atoms with E-state index in [1.807, 2.05) is 121 Å². The Hall–Kier alpha value is -8.96. The molecule has 0 saturated carbocycles. The van der Waals surface area contributed by atoms with Crippen LogP contribution in [0.15, 0.2) is 217 Å². The van der Waals surface area contributed by atoms with Gasteiger partial charge in [-0.05, 0) is 73.3 Å². The number of rotatable bonds is 9. The second-order valence-corrected chi connectivity index (χ2v) is 19.7. The number of benzene rings is 9. The Morgan fingerprint density at radius 3 is 1.16 bits per heavy atom. The van der Waals surface area contributed by atoms with Crippen molar-refractivity contribution in [2.75, 3.05) is 0 Å². The Labute approximate surface area is 428 Å². The van der Waals surface area contributed by atoms with Crippen LogP contribution in [-0.2, 0) is 9.31 Å². The molecule has 0 radical (unpaired) electrons. The fraction of sp³-hybridized carbons (Fsp3) is 0.0938. The molecule has 0 atom stereocenters. The number of hydrogen-bond acceptors (Lipinski definition) is 9. The zero-order valence-electron chi connectivity index (χ0n) is 41.2. The lowest BCUT2D eigenvalue weighted by atomic mass is 9.78. The van der Waals surface area contributed by atoms with Crippen molar-refractivity contribution in [1.29, 1.82) is 0 Å². The first-order valence-electron chi connectivity index (χ1n) is 24.9. The molecule has 10 heteroatoms. The molecule has 1 aliphatic heterocycles. The minimum absolute atomic E-state index is 0.485. The van der Waals surface area contributed by atoms with E-state index in [1.54, 1.807) is 0 Å². The van der Waals surface area contributed by atoms with E-state index in [2.05, 4.69) is 119 Å². The van der Waals surface area contributed by atoms with Gasteiger partial charge in [0.25, 0.3) is 0 Å². The van der Waals surface area contributed by atoms with Gasteiger partial charge in [0, 0.05) is 55.3 Å². The first-order valence-corrected chi connectivity index (χ1v) is 24.9. The van der Waals surface area contributed by atoms with Gasteiger partial charge in [0.1, 0.15) is 11.2 Å². The Bertz CT molecular complexity index is 4030. The SMILES string of the molecule is CC1(C)OB(c2cccc(-c3nc(-c4ccccc4)nc(-c4cccc(-c5c6ccccc6c(-c6cccc(-c7nc(-c8ccccc8)nc(-c8ccccc8)n7)c6)c6c5oc5ccccc56)c4)n3)c2)OC1(C)C. The molecule has 13 rings (SSSR count). The van der Waals surface area contributed by atoms with Gasteiger partial charge in [0.05, 0.1) is 11.2 Å². The summed E-state index contributed by atoms with van der Waals surface area (Å²) < 4.78 is 20.0. The standard InChI is InChI=1S/C64H47BN6O3/c1-63(2)64(3,4)74-65(73-63)48-32-20-31-47(39-48)62-70-59(42-25-12-7-13-26-42)69-61(71-62)46-30-19-28-44(38-46)54-50-34-15-14-33-49(50)53(55-51-35-16-17-36-52(51)72-56(54)55)43-27-18-29-45(37-43)60-67-57(40-21-8-5-9-22-40)66-58(68-60)41-23-10-6-11-24-41/h5-39H,1-4H3. The third-order valence-corrected chi connectivity index (χ3v) is 14.4. The molecule has 1 fully saturated rings. The molecule has 354 valence electrons. The predicted octanol–water partition coefficient (Wildman–Crippen LogP) is 14.7. The first kappa shape index (κ1) is 44.9. The van der Waals surface area contributed by atoms with Gasteiger partial charge >= 0.3 is 7.12 Å². The molecular weight excluding hydrogens is 912 g/mol. The van der Waals surface area contributed by atoms with E-state index in [9.17, 15) is 0 Å². The monoisotopic (exact) mass is 958 g/mol.